The number of thiol groups is 1. The number of fused-ring (bicyclic) bond motifs is 1. The molecule has 0 unspecified atom stereocenters. The van der Waals surface area contributed by atoms with Gasteiger partial charge in [0.25, 0.3) is 0 Å². The standard InChI is InChI=1S/C17H24S2/c1-13(2)7-5-3-4-6-8-14-9-10-15-12-17(18)19-16(15)11-14/h9-13,18H,3-8H2,1-2H3. The lowest BCUT2D eigenvalue weighted by atomic mass is 10.0. The van der Waals surface area contributed by atoms with Gasteiger partial charge in [-0.05, 0) is 41.8 Å². The summed E-state index contributed by atoms with van der Waals surface area (Å²) in [4.78, 5) is 0. The third-order valence-electron chi connectivity index (χ3n) is 3.57. The number of rotatable bonds is 7. The van der Waals surface area contributed by atoms with Crippen molar-refractivity contribution in [3.05, 3.63) is 29.8 Å². The minimum absolute atomic E-state index is 0.858. The van der Waals surface area contributed by atoms with E-state index in [4.69, 9.17) is 0 Å². The zero-order valence-corrected chi connectivity index (χ0v) is 13.7. The second kappa shape index (κ2) is 7.35. The summed E-state index contributed by atoms with van der Waals surface area (Å²) in [7, 11) is 0. The van der Waals surface area contributed by atoms with E-state index in [1.54, 1.807) is 11.3 Å². The van der Waals surface area contributed by atoms with E-state index in [-0.39, 0.29) is 0 Å². The van der Waals surface area contributed by atoms with Crippen molar-refractivity contribution in [1.29, 1.82) is 0 Å². The van der Waals surface area contributed by atoms with Gasteiger partial charge in [-0.2, -0.15) is 0 Å². The van der Waals surface area contributed by atoms with Crippen LogP contribution < -0.4 is 0 Å². The summed E-state index contributed by atoms with van der Waals surface area (Å²) >= 11 is 6.20. The van der Waals surface area contributed by atoms with Gasteiger partial charge in [-0.1, -0.05) is 51.7 Å². The molecule has 0 aliphatic heterocycles. The van der Waals surface area contributed by atoms with E-state index < -0.39 is 0 Å². The fraction of sp³-hybridized carbons (Fsp3) is 0.529. The Bertz CT molecular complexity index is 511. The molecule has 0 N–H and O–H groups in total. The monoisotopic (exact) mass is 292 g/mol. The maximum Gasteiger partial charge on any atom is 0.0580 e. The van der Waals surface area contributed by atoms with Gasteiger partial charge in [-0.3, -0.25) is 0 Å². The van der Waals surface area contributed by atoms with Crippen molar-refractivity contribution in [2.24, 2.45) is 5.92 Å². The van der Waals surface area contributed by atoms with E-state index in [2.05, 4.69) is 50.7 Å². The molecule has 2 rings (SSSR count). The summed E-state index contributed by atoms with van der Waals surface area (Å²) in [5.74, 6) is 0.858. The number of thiophene rings is 1. The first-order chi connectivity index (χ1) is 9.15. The molecule has 1 aromatic carbocycles. The van der Waals surface area contributed by atoms with E-state index >= 15 is 0 Å². The number of hydrogen-bond donors (Lipinski definition) is 1. The molecule has 0 saturated carbocycles. The molecule has 2 aromatic rings. The van der Waals surface area contributed by atoms with Crippen molar-refractivity contribution in [2.45, 2.75) is 56.6 Å². The van der Waals surface area contributed by atoms with Gasteiger partial charge in [0.2, 0.25) is 0 Å². The van der Waals surface area contributed by atoms with Crippen LogP contribution in [0, 0.1) is 5.92 Å². The molecule has 0 amide bonds. The van der Waals surface area contributed by atoms with Crippen LogP contribution in [0.2, 0.25) is 0 Å². The van der Waals surface area contributed by atoms with Crippen molar-refractivity contribution in [1.82, 2.24) is 0 Å². The predicted octanol–water partition coefficient (Wildman–Crippen LogP) is 6.34. The van der Waals surface area contributed by atoms with Gasteiger partial charge in [0.05, 0.1) is 4.21 Å². The maximum absolute atomic E-state index is 4.42. The third kappa shape index (κ3) is 4.85. The zero-order chi connectivity index (χ0) is 13.7. The normalized spacial score (nSPS) is 11.6. The average molecular weight is 293 g/mol. The van der Waals surface area contributed by atoms with Gasteiger partial charge in [0, 0.05) is 4.70 Å². The molecular weight excluding hydrogens is 268 g/mol. The summed E-state index contributed by atoms with van der Waals surface area (Å²) in [5.41, 5.74) is 1.48. The Morgan fingerprint density at radius 1 is 1.05 bits per heavy atom. The highest BCUT2D eigenvalue weighted by Crippen LogP contribution is 2.29. The van der Waals surface area contributed by atoms with Crippen molar-refractivity contribution >= 4 is 34.1 Å². The summed E-state index contributed by atoms with van der Waals surface area (Å²) in [6, 6.07) is 9.00. The van der Waals surface area contributed by atoms with E-state index in [0.717, 1.165) is 10.1 Å². The molecule has 0 bridgehead atoms. The first-order valence-corrected chi connectivity index (χ1v) is 8.63. The Hall–Kier alpha value is -0.470. The van der Waals surface area contributed by atoms with Crippen molar-refractivity contribution in [3.8, 4) is 0 Å². The van der Waals surface area contributed by atoms with Crippen LogP contribution in [0.3, 0.4) is 0 Å². The maximum atomic E-state index is 4.42. The summed E-state index contributed by atoms with van der Waals surface area (Å²) in [6.45, 7) is 4.62. The molecule has 0 aliphatic carbocycles. The van der Waals surface area contributed by atoms with E-state index in [1.807, 2.05) is 0 Å². The van der Waals surface area contributed by atoms with Crippen molar-refractivity contribution in [2.75, 3.05) is 0 Å². The molecule has 0 aliphatic rings. The molecule has 0 nitrogen and oxygen atoms in total. The summed E-state index contributed by atoms with van der Waals surface area (Å²) in [5, 5.41) is 1.33. The number of hydrogen-bond acceptors (Lipinski definition) is 2. The molecule has 0 fully saturated rings. The minimum atomic E-state index is 0.858. The van der Waals surface area contributed by atoms with Crippen LogP contribution in [0.4, 0.5) is 0 Å². The van der Waals surface area contributed by atoms with Gasteiger partial charge < -0.3 is 0 Å². The smallest absolute Gasteiger partial charge is 0.0580 e. The first kappa shape index (κ1) is 14.9. The Morgan fingerprint density at radius 2 is 1.84 bits per heavy atom. The Labute approximate surface area is 126 Å². The molecule has 0 spiro atoms. The van der Waals surface area contributed by atoms with Crippen LogP contribution in [0.1, 0.15) is 51.5 Å². The molecule has 1 aromatic heterocycles. The topological polar surface area (TPSA) is 0 Å². The van der Waals surface area contributed by atoms with Gasteiger partial charge in [-0.25, -0.2) is 0 Å². The van der Waals surface area contributed by atoms with Gasteiger partial charge in [-0.15, -0.1) is 24.0 Å². The molecule has 0 saturated heterocycles. The van der Waals surface area contributed by atoms with E-state index in [1.165, 1.54) is 54.2 Å². The molecule has 104 valence electrons. The molecule has 0 radical (unpaired) electrons. The molecule has 0 atom stereocenters. The second-order valence-electron chi connectivity index (χ2n) is 5.80. The fourth-order valence-corrected chi connectivity index (χ4v) is 3.75. The summed E-state index contributed by atoms with van der Waals surface area (Å²) in [6.07, 6.45) is 8.07. The predicted molar refractivity (Wildman–Crippen MR) is 90.7 cm³/mol. The first-order valence-electron chi connectivity index (χ1n) is 7.36. The number of unbranched alkanes of at least 4 members (excludes halogenated alkanes) is 3. The third-order valence-corrected chi connectivity index (χ3v) is 4.87. The number of benzene rings is 1. The van der Waals surface area contributed by atoms with Crippen LogP contribution in [0.15, 0.2) is 28.5 Å². The second-order valence-corrected chi connectivity index (χ2v) is 7.67. The minimum Gasteiger partial charge on any atom is -0.133 e. The van der Waals surface area contributed by atoms with Gasteiger partial charge in [0.1, 0.15) is 0 Å². The van der Waals surface area contributed by atoms with Crippen LogP contribution in [0.25, 0.3) is 10.1 Å². The van der Waals surface area contributed by atoms with E-state index in [9.17, 15) is 0 Å². The molecule has 2 heteroatoms. The molecular formula is C17H24S2. The highest BCUT2D eigenvalue weighted by Gasteiger charge is 2.01. The fourth-order valence-electron chi connectivity index (χ4n) is 2.45. The highest BCUT2D eigenvalue weighted by atomic mass is 32.2. The van der Waals surface area contributed by atoms with Gasteiger partial charge in [0.15, 0.2) is 0 Å². The molecule has 19 heavy (non-hydrogen) atoms. The van der Waals surface area contributed by atoms with E-state index in [0.29, 0.717) is 0 Å². The van der Waals surface area contributed by atoms with Gasteiger partial charge >= 0.3 is 0 Å². The Morgan fingerprint density at radius 3 is 2.63 bits per heavy atom. The lowest BCUT2D eigenvalue weighted by molar-refractivity contribution is 0.520. The quantitative estimate of drug-likeness (QED) is 0.447. The lowest BCUT2D eigenvalue weighted by Crippen LogP contribution is -1.89. The SMILES string of the molecule is CC(C)CCCCCCc1ccc2cc(S)sc2c1. The Balaban J connectivity index is 1.75. The zero-order valence-electron chi connectivity index (χ0n) is 12.0. The molecule has 1 heterocycles. The average Bonchev–Trinajstić information content (AvgIpc) is 2.72. The van der Waals surface area contributed by atoms with Crippen LogP contribution in [-0.4, -0.2) is 0 Å². The highest BCUT2D eigenvalue weighted by molar-refractivity contribution is 7.83. The van der Waals surface area contributed by atoms with Crippen molar-refractivity contribution in [3.63, 3.8) is 0 Å². The largest absolute Gasteiger partial charge is 0.133 e. The van der Waals surface area contributed by atoms with Crippen LogP contribution in [-0.2, 0) is 6.42 Å². The Kier molecular flexibility index (Phi) is 5.77. The van der Waals surface area contributed by atoms with Crippen LogP contribution in [0.5, 0.6) is 0 Å². The number of aryl methyl sites for hydroxylation is 1. The lowest BCUT2D eigenvalue weighted by Gasteiger charge is -2.04. The van der Waals surface area contributed by atoms with Crippen molar-refractivity contribution < 1.29 is 0 Å². The van der Waals surface area contributed by atoms with Crippen LogP contribution >= 0.6 is 24.0 Å². The summed E-state index contributed by atoms with van der Waals surface area (Å²) < 4.78 is 2.49.